The van der Waals surface area contributed by atoms with Crippen molar-refractivity contribution in [3.63, 3.8) is 0 Å². The molecule has 0 unspecified atom stereocenters. The summed E-state index contributed by atoms with van der Waals surface area (Å²) < 4.78 is 80.9. The van der Waals surface area contributed by atoms with Crippen LogP contribution in [0.15, 0.2) is 18.2 Å². The van der Waals surface area contributed by atoms with Gasteiger partial charge < -0.3 is 10.2 Å². The Bertz CT molecular complexity index is 1320. The first kappa shape index (κ1) is 28.8. The van der Waals surface area contributed by atoms with Gasteiger partial charge in [-0.15, -0.1) is 12.3 Å². The van der Waals surface area contributed by atoms with Crippen LogP contribution < -0.4 is 5.32 Å². The summed E-state index contributed by atoms with van der Waals surface area (Å²) in [5.74, 6) is -1.15. The highest BCUT2D eigenvalue weighted by Crippen LogP contribution is 2.32. The van der Waals surface area contributed by atoms with E-state index in [0.717, 1.165) is 6.07 Å². The summed E-state index contributed by atoms with van der Waals surface area (Å²) in [7, 11) is -3.83. The van der Waals surface area contributed by atoms with E-state index in [9.17, 15) is 35.6 Å². The van der Waals surface area contributed by atoms with Crippen molar-refractivity contribution in [2.24, 2.45) is 17.8 Å². The number of carbonyl (C=O) groups is 2. The van der Waals surface area contributed by atoms with Crippen molar-refractivity contribution >= 4 is 22.0 Å². The fourth-order valence-electron chi connectivity index (χ4n) is 5.08. The van der Waals surface area contributed by atoms with Gasteiger partial charge >= 0.3 is 6.18 Å². The Hall–Kier alpha value is -3.20. The highest BCUT2D eigenvalue weighted by molar-refractivity contribution is 7.86. The molecule has 1 aromatic carbocycles. The van der Waals surface area contributed by atoms with Crippen LogP contribution in [0.25, 0.3) is 0 Å². The lowest BCUT2D eigenvalue weighted by molar-refractivity contribution is -0.142. The Morgan fingerprint density at radius 2 is 1.85 bits per heavy atom. The summed E-state index contributed by atoms with van der Waals surface area (Å²) in [4.78, 5) is 27.8. The third-order valence-corrected chi connectivity index (χ3v) is 9.31. The fourth-order valence-corrected chi connectivity index (χ4v) is 6.87. The molecule has 3 aliphatic rings. The predicted octanol–water partition coefficient (Wildman–Crippen LogP) is 1.72. The Balaban J connectivity index is 1.42. The number of halogens is 4. The van der Waals surface area contributed by atoms with Gasteiger partial charge in [-0.1, -0.05) is 6.07 Å². The largest absolute Gasteiger partial charge is 0.416 e. The number of benzene rings is 1. The lowest BCUT2D eigenvalue weighted by atomic mass is 9.97. The van der Waals surface area contributed by atoms with Gasteiger partial charge in [-0.25, -0.2) is 4.39 Å². The first-order chi connectivity index (χ1) is 18.3. The number of alkyl halides is 3. The molecule has 3 atom stereocenters. The normalized spacial score (nSPS) is 25.0. The van der Waals surface area contributed by atoms with E-state index in [2.05, 4.69) is 11.2 Å². The van der Waals surface area contributed by atoms with Gasteiger partial charge in [0.15, 0.2) is 0 Å². The van der Waals surface area contributed by atoms with Crippen molar-refractivity contribution in [1.29, 1.82) is 5.26 Å². The molecule has 3 heterocycles. The van der Waals surface area contributed by atoms with Crippen molar-refractivity contribution in [3.8, 4) is 18.4 Å². The minimum absolute atomic E-state index is 0.0722. The number of amides is 2. The van der Waals surface area contributed by atoms with Crippen molar-refractivity contribution < 1.29 is 35.6 Å². The molecule has 14 heteroatoms. The number of hydrogen-bond donors (Lipinski definition) is 1. The van der Waals surface area contributed by atoms with Crippen LogP contribution in [-0.2, 0) is 32.5 Å². The van der Waals surface area contributed by atoms with Gasteiger partial charge in [-0.05, 0) is 31.4 Å². The highest BCUT2D eigenvalue weighted by atomic mass is 32.2. The Kier molecular flexibility index (Phi) is 8.21. The quantitative estimate of drug-likeness (QED) is 0.414. The molecule has 210 valence electrons. The summed E-state index contributed by atoms with van der Waals surface area (Å²) in [5, 5.41) is 11.4. The number of likely N-dealkylation sites (tertiary alicyclic amines) is 1. The van der Waals surface area contributed by atoms with Crippen LogP contribution in [0.5, 0.6) is 0 Å². The van der Waals surface area contributed by atoms with E-state index in [1.54, 1.807) is 0 Å². The zero-order valence-corrected chi connectivity index (χ0v) is 21.6. The SMILES string of the molecule is C#C[C@@H]1C[C@H](C(=O)NCc2ccc(C(F)(F)F)cc2F)N(C(=O)[C@H]2CCCN(S(=O)(=O)N3CC(C#N)C3)C2)C1. The maximum absolute atomic E-state index is 14.2. The third-order valence-electron chi connectivity index (χ3n) is 7.37. The molecule has 3 saturated heterocycles. The number of carbonyl (C=O) groups excluding carboxylic acids is 2. The van der Waals surface area contributed by atoms with Gasteiger partial charge in [-0.2, -0.15) is 35.5 Å². The maximum atomic E-state index is 14.2. The van der Waals surface area contributed by atoms with Crippen LogP contribution in [0, 0.1) is 47.2 Å². The monoisotopic (exact) mass is 569 g/mol. The Morgan fingerprint density at radius 1 is 1.13 bits per heavy atom. The molecule has 4 rings (SSSR count). The van der Waals surface area contributed by atoms with E-state index in [-0.39, 0.29) is 50.6 Å². The van der Waals surface area contributed by atoms with Crippen LogP contribution >= 0.6 is 0 Å². The van der Waals surface area contributed by atoms with Crippen LogP contribution in [0.1, 0.15) is 30.4 Å². The molecule has 0 aromatic heterocycles. The summed E-state index contributed by atoms with van der Waals surface area (Å²) in [6.45, 7) is 0.0579. The van der Waals surface area contributed by atoms with Crippen molar-refractivity contribution in [2.45, 2.75) is 38.0 Å². The minimum Gasteiger partial charge on any atom is -0.350 e. The summed E-state index contributed by atoms with van der Waals surface area (Å²) in [6.07, 6.45) is 1.83. The molecule has 0 aliphatic carbocycles. The summed E-state index contributed by atoms with van der Waals surface area (Å²) in [6, 6.07) is 3.04. The first-order valence-electron chi connectivity index (χ1n) is 12.4. The summed E-state index contributed by atoms with van der Waals surface area (Å²) in [5.41, 5.74) is -1.31. The molecule has 3 fully saturated rings. The first-order valence-corrected chi connectivity index (χ1v) is 13.8. The standard InChI is InChI=1S/C25H27F4N5O4S/c1-2-16-8-22(23(35)31-11-18-5-6-20(9-21(18)26)25(27,28)29)34(14-16)24(36)19-4-3-7-32(15-19)39(37,38)33-12-17(10-30)13-33/h1,5-6,9,16-17,19,22H,3-4,7-8,11-15H2,(H,31,35)/t16-,19+,22-/m1/s1. The van der Waals surface area contributed by atoms with E-state index in [4.69, 9.17) is 11.7 Å². The van der Waals surface area contributed by atoms with Gasteiger partial charge in [0.05, 0.1) is 23.5 Å². The second kappa shape index (κ2) is 11.1. The number of rotatable bonds is 6. The molecular formula is C25H27F4N5O4S. The lowest BCUT2D eigenvalue weighted by Gasteiger charge is -2.41. The smallest absolute Gasteiger partial charge is 0.350 e. The van der Waals surface area contributed by atoms with Gasteiger partial charge in [0, 0.05) is 50.7 Å². The molecule has 1 aromatic rings. The molecule has 39 heavy (non-hydrogen) atoms. The molecular weight excluding hydrogens is 542 g/mol. The van der Waals surface area contributed by atoms with Gasteiger partial charge in [0.1, 0.15) is 11.9 Å². The predicted molar refractivity (Wildman–Crippen MR) is 130 cm³/mol. The highest BCUT2D eigenvalue weighted by Gasteiger charge is 2.45. The van der Waals surface area contributed by atoms with Crippen LogP contribution in [0.4, 0.5) is 17.6 Å². The molecule has 2 amide bonds. The molecule has 0 spiro atoms. The third kappa shape index (κ3) is 6.03. The van der Waals surface area contributed by atoms with E-state index in [1.807, 2.05) is 6.07 Å². The zero-order valence-electron chi connectivity index (χ0n) is 20.8. The second-order valence-corrected chi connectivity index (χ2v) is 11.9. The molecule has 0 bridgehead atoms. The van der Waals surface area contributed by atoms with Crippen molar-refractivity contribution in [3.05, 3.63) is 35.1 Å². The topological polar surface area (TPSA) is 114 Å². The molecule has 9 nitrogen and oxygen atoms in total. The van der Waals surface area contributed by atoms with Crippen molar-refractivity contribution in [2.75, 3.05) is 32.7 Å². The fraction of sp³-hybridized carbons (Fsp3) is 0.560. The van der Waals surface area contributed by atoms with Gasteiger partial charge in [0.25, 0.3) is 10.2 Å². The van der Waals surface area contributed by atoms with E-state index >= 15 is 0 Å². The molecule has 0 saturated carbocycles. The second-order valence-electron chi connectivity index (χ2n) is 9.98. The number of terminal acetylenes is 1. The maximum Gasteiger partial charge on any atom is 0.416 e. The lowest BCUT2D eigenvalue weighted by Crippen LogP contribution is -2.57. The molecule has 1 N–H and O–H groups in total. The van der Waals surface area contributed by atoms with Gasteiger partial charge in [-0.3, -0.25) is 9.59 Å². The Morgan fingerprint density at radius 3 is 2.46 bits per heavy atom. The number of nitrogens with one attached hydrogen (secondary N) is 1. The number of nitriles is 1. The van der Waals surface area contributed by atoms with E-state index < -0.39 is 64.0 Å². The Labute approximate surface area is 223 Å². The van der Waals surface area contributed by atoms with Crippen LogP contribution in [-0.4, -0.2) is 72.5 Å². The molecule has 0 radical (unpaired) electrons. The molecule has 3 aliphatic heterocycles. The number of nitrogens with zero attached hydrogens (tertiary/aromatic N) is 4. The zero-order chi connectivity index (χ0) is 28.5. The van der Waals surface area contributed by atoms with Gasteiger partial charge in [0.2, 0.25) is 11.8 Å². The van der Waals surface area contributed by atoms with Crippen molar-refractivity contribution in [1.82, 2.24) is 18.8 Å². The summed E-state index contributed by atoms with van der Waals surface area (Å²) >= 11 is 0. The van der Waals surface area contributed by atoms with Crippen LogP contribution in [0.2, 0.25) is 0 Å². The average molecular weight is 570 g/mol. The number of piperidine rings is 1. The number of hydrogen-bond acceptors (Lipinski definition) is 5. The minimum atomic E-state index is -4.71. The van der Waals surface area contributed by atoms with E-state index in [1.165, 1.54) is 13.5 Å². The van der Waals surface area contributed by atoms with E-state index in [0.29, 0.717) is 25.0 Å². The van der Waals surface area contributed by atoms with Crippen LogP contribution in [0.3, 0.4) is 0 Å². The average Bonchev–Trinajstić information content (AvgIpc) is 3.31.